The molecule has 2 aromatic carbocycles. The lowest BCUT2D eigenvalue weighted by atomic mass is 9.97. The number of nitrogens with zero attached hydrogens (tertiary/aromatic N) is 1. The summed E-state index contributed by atoms with van der Waals surface area (Å²) >= 11 is 0. The van der Waals surface area contributed by atoms with Crippen LogP contribution in [0.15, 0.2) is 61.2 Å². The SMILES string of the molecule is C=Cc1cccc(C(C(=O)NC(C)C)N(C(=O)C(Cc2ccccc2)NC(=O)OC(C)(C)C)C(C)C)c1. The Balaban J connectivity index is 2.55. The van der Waals surface area contributed by atoms with Crippen LogP contribution in [0.1, 0.15) is 71.2 Å². The van der Waals surface area contributed by atoms with Crippen molar-refractivity contribution >= 4 is 24.0 Å². The molecule has 0 saturated heterocycles. The summed E-state index contributed by atoms with van der Waals surface area (Å²) in [6.45, 7) is 16.6. The largest absolute Gasteiger partial charge is 0.444 e. The fourth-order valence-corrected chi connectivity index (χ4v) is 4.02. The van der Waals surface area contributed by atoms with Gasteiger partial charge < -0.3 is 20.3 Å². The summed E-state index contributed by atoms with van der Waals surface area (Å²) in [5, 5.41) is 5.72. The van der Waals surface area contributed by atoms with Crippen molar-refractivity contribution in [1.29, 1.82) is 0 Å². The quantitative estimate of drug-likeness (QED) is 0.459. The molecule has 0 saturated carbocycles. The molecule has 0 radical (unpaired) electrons. The van der Waals surface area contributed by atoms with Crippen LogP contribution < -0.4 is 10.6 Å². The summed E-state index contributed by atoms with van der Waals surface area (Å²) in [6.07, 6.45) is 1.25. The molecule has 0 heterocycles. The van der Waals surface area contributed by atoms with E-state index in [4.69, 9.17) is 4.74 Å². The first-order valence-corrected chi connectivity index (χ1v) is 12.7. The molecule has 0 fully saturated rings. The van der Waals surface area contributed by atoms with Gasteiger partial charge in [-0.15, -0.1) is 0 Å². The van der Waals surface area contributed by atoms with Crippen molar-refractivity contribution in [2.45, 2.75) is 84.7 Å². The van der Waals surface area contributed by atoms with Crippen LogP contribution in [0.2, 0.25) is 0 Å². The molecule has 0 spiro atoms. The lowest BCUT2D eigenvalue weighted by Crippen LogP contribution is -2.56. The van der Waals surface area contributed by atoms with Crippen molar-refractivity contribution in [1.82, 2.24) is 15.5 Å². The van der Waals surface area contributed by atoms with Gasteiger partial charge in [0.05, 0.1) is 0 Å². The smallest absolute Gasteiger partial charge is 0.408 e. The summed E-state index contributed by atoms with van der Waals surface area (Å²) in [7, 11) is 0. The van der Waals surface area contributed by atoms with Crippen LogP contribution in [0.4, 0.5) is 4.79 Å². The number of benzene rings is 2. The van der Waals surface area contributed by atoms with E-state index in [0.717, 1.165) is 11.1 Å². The third-order valence-electron chi connectivity index (χ3n) is 5.50. The van der Waals surface area contributed by atoms with Gasteiger partial charge in [-0.1, -0.05) is 61.2 Å². The summed E-state index contributed by atoms with van der Waals surface area (Å²) in [6, 6.07) is 14.5. The van der Waals surface area contributed by atoms with Crippen LogP contribution in [-0.4, -0.2) is 46.5 Å². The molecule has 7 nitrogen and oxygen atoms in total. The third kappa shape index (κ3) is 9.08. The third-order valence-corrected chi connectivity index (χ3v) is 5.50. The molecule has 3 amide bonds. The first kappa shape index (κ1) is 29.6. The van der Waals surface area contributed by atoms with Gasteiger partial charge in [-0.3, -0.25) is 9.59 Å². The molecule has 0 aromatic heterocycles. The van der Waals surface area contributed by atoms with Gasteiger partial charge in [0.1, 0.15) is 17.7 Å². The molecule has 0 aliphatic heterocycles. The molecule has 37 heavy (non-hydrogen) atoms. The first-order valence-electron chi connectivity index (χ1n) is 12.7. The van der Waals surface area contributed by atoms with Gasteiger partial charge in [0.25, 0.3) is 0 Å². The van der Waals surface area contributed by atoms with Gasteiger partial charge in [-0.2, -0.15) is 0 Å². The van der Waals surface area contributed by atoms with Gasteiger partial charge in [0, 0.05) is 18.5 Å². The monoisotopic (exact) mass is 507 g/mol. The van der Waals surface area contributed by atoms with E-state index in [-0.39, 0.29) is 30.3 Å². The van der Waals surface area contributed by atoms with E-state index in [1.807, 2.05) is 82.3 Å². The predicted octanol–water partition coefficient (Wildman–Crippen LogP) is 5.27. The fraction of sp³-hybridized carbons (Fsp3) is 0.433. The zero-order valence-corrected chi connectivity index (χ0v) is 23.1. The van der Waals surface area contributed by atoms with Crippen molar-refractivity contribution in [3.63, 3.8) is 0 Å². The molecule has 0 aliphatic rings. The lowest BCUT2D eigenvalue weighted by molar-refractivity contribution is -0.144. The van der Waals surface area contributed by atoms with Crippen molar-refractivity contribution in [3.05, 3.63) is 77.9 Å². The molecule has 2 N–H and O–H groups in total. The van der Waals surface area contributed by atoms with E-state index < -0.39 is 23.8 Å². The van der Waals surface area contributed by atoms with E-state index in [2.05, 4.69) is 17.2 Å². The van der Waals surface area contributed by atoms with Gasteiger partial charge >= 0.3 is 6.09 Å². The van der Waals surface area contributed by atoms with Crippen LogP contribution in [0.5, 0.6) is 0 Å². The maximum atomic E-state index is 14.2. The Morgan fingerprint density at radius 3 is 2.16 bits per heavy atom. The van der Waals surface area contributed by atoms with Crippen LogP contribution in [0, 0.1) is 0 Å². The average Bonchev–Trinajstić information content (AvgIpc) is 2.80. The molecule has 0 bridgehead atoms. The molecule has 2 rings (SSSR count). The fourth-order valence-electron chi connectivity index (χ4n) is 4.02. The number of nitrogens with one attached hydrogen (secondary N) is 2. The van der Waals surface area contributed by atoms with Crippen LogP contribution >= 0.6 is 0 Å². The molecule has 2 aromatic rings. The molecular weight excluding hydrogens is 466 g/mol. The van der Waals surface area contributed by atoms with Crippen molar-refractivity contribution in [2.24, 2.45) is 0 Å². The van der Waals surface area contributed by atoms with Gasteiger partial charge in [-0.05, 0) is 71.2 Å². The van der Waals surface area contributed by atoms with Crippen LogP contribution in [0.3, 0.4) is 0 Å². The number of rotatable bonds is 10. The highest BCUT2D eigenvalue weighted by molar-refractivity contribution is 5.92. The topological polar surface area (TPSA) is 87.7 Å². The number of carbonyl (C=O) groups excluding carboxylic acids is 3. The molecular formula is C30H41N3O4. The minimum absolute atomic E-state index is 0.123. The minimum Gasteiger partial charge on any atom is -0.444 e. The van der Waals surface area contributed by atoms with E-state index in [9.17, 15) is 14.4 Å². The lowest BCUT2D eigenvalue weighted by Gasteiger charge is -2.37. The molecule has 2 atom stereocenters. The zero-order chi connectivity index (χ0) is 27.8. The zero-order valence-electron chi connectivity index (χ0n) is 23.1. The molecule has 7 heteroatoms. The Labute approximate surface area is 221 Å². The number of carbonyl (C=O) groups is 3. The van der Waals surface area contributed by atoms with E-state index in [1.54, 1.807) is 31.7 Å². The average molecular weight is 508 g/mol. The molecule has 200 valence electrons. The Bertz CT molecular complexity index is 1070. The van der Waals surface area contributed by atoms with E-state index in [1.165, 1.54) is 0 Å². The Morgan fingerprint density at radius 1 is 0.973 bits per heavy atom. The number of alkyl carbamates (subject to hydrolysis) is 1. The first-order chi connectivity index (χ1) is 17.3. The number of amides is 3. The number of hydrogen-bond acceptors (Lipinski definition) is 4. The van der Waals surface area contributed by atoms with Gasteiger partial charge in [0.2, 0.25) is 11.8 Å². The van der Waals surface area contributed by atoms with Crippen LogP contribution in [0.25, 0.3) is 6.08 Å². The Morgan fingerprint density at radius 2 is 1.62 bits per heavy atom. The maximum absolute atomic E-state index is 14.2. The number of hydrogen-bond donors (Lipinski definition) is 2. The molecule has 0 aliphatic carbocycles. The highest BCUT2D eigenvalue weighted by atomic mass is 16.6. The summed E-state index contributed by atoms with van der Waals surface area (Å²) in [5.41, 5.74) is 1.64. The minimum atomic E-state index is -0.948. The Hall–Kier alpha value is -3.61. The van der Waals surface area contributed by atoms with E-state index in [0.29, 0.717) is 5.56 Å². The van der Waals surface area contributed by atoms with Crippen LogP contribution in [-0.2, 0) is 20.7 Å². The second-order valence-electron chi connectivity index (χ2n) is 10.7. The maximum Gasteiger partial charge on any atom is 0.408 e. The standard InChI is InChI=1S/C30H41N3O4/c1-9-22-16-13-17-24(18-22)26(27(34)31-20(2)3)33(21(4)5)28(35)25(19-23-14-11-10-12-15-23)32-29(36)37-30(6,7)8/h9-18,20-21,25-26H,1,19H2,2-8H3,(H,31,34)(H,32,36). The molecule has 2 unspecified atom stereocenters. The van der Waals surface area contributed by atoms with Crippen molar-refractivity contribution in [2.75, 3.05) is 0 Å². The highest BCUT2D eigenvalue weighted by Gasteiger charge is 2.38. The summed E-state index contributed by atoms with van der Waals surface area (Å²) in [4.78, 5) is 42.1. The van der Waals surface area contributed by atoms with Gasteiger partial charge in [-0.25, -0.2) is 4.79 Å². The normalized spacial score (nSPS) is 13.0. The van der Waals surface area contributed by atoms with E-state index >= 15 is 0 Å². The number of ether oxygens (including phenoxy) is 1. The Kier molecular flexibility index (Phi) is 10.5. The second-order valence-corrected chi connectivity index (χ2v) is 10.7. The van der Waals surface area contributed by atoms with Crippen molar-refractivity contribution in [3.8, 4) is 0 Å². The van der Waals surface area contributed by atoms with Crippen molar-refractivity contribution < 1.29 is 19.1 Å². The van der Waals surface area contributed by atoms with Gasteiger partial charge in [0.15, 0.2) is 0 Å². The summed E-state index contributed by atoms with van der Waals surface area (Å²) in [5.74, 6) is -0.674. The highest BCUT2D eigenvalue weighted by Crippen LogP contribution is 2.27. The second kappa shape index (κ2) is 13.1. The predicted molar refractivity (Wildman–Crippen MR) is 148 cm³/mol. The summed E-state index contributed by atoms with van der Waals surface area (Å²) < 4.78 is 5.46.